The summed E-state index contributed by atoms with van der Waals surface area (Å²) in [6.07, 6.45) is -0.0336. The van der Waals surface area contributed by atoms with Crippen LogP contribution >= 0.6 is 11.6 Å². The molecule has 98 valence electrons. The number of rotatable bonds is 5. The summed E-state index contributed by atoms with van der Waals surface area (Å²) in [4.78, 5) is 22.2. The van der Waals surface area contributed by atoms with Gasteiger partial charge in [-0.15, -0.1) is 0 Å². The largest absolute Gasteiger partial charge is 0.478 e. The molecule has 0 saturated carbocycles. The lowest BCUT2D eigenvalue weighted by molar-refractivity contribution is -0.121. The van der Waals surface area contributed by atoms with Crippen molar-refractivity contribution in [2.45, 2.75) is 20.0 Å². The molecule has 0 heterocycles. The fourth-order valence-corrected chi connectivity index (χ4v) is 1.47. The van der Waals surface area contributed by atoms with Crippen LogP contribution in [0.5, 0.6) is 0 Å². The Kier molecular flexibility index (Phi) is 5.12. The number of ether oxygens (including phenoxy) is 1. The quantitative estimate of drug-likeness (QED) is 0.862. The van der Waals surface area contributed by atoms with Gasteiger partial charge in [-0.25, -0.2) is 4.79 Å². The molecule has 5 nitrogen and oxygen atoms in total. The molecule has 1 aromatic carbocycles. The molecule has 0 unspecified atom stereocenters. The van der Waals surface area contributed by atoms with Gasteiger partial charge in [0.2, 0.25) is 5.91 Å². The maximum Gasteiger partial charge on any atom is 0.337 e. The number of anilines is 1. The van der Waals surface area contributed by atoms with Crippen LogP contribution < -0.4 is 5.32 Å². The van der Waals surface area contributed by atoms with Gasteiger partial charge >= 0.3 is 5.97 Å². The lowest BCUT2D eigenvalue weighted by Gasteiger charge is -2.09. The maximum absolute atomic E-state index is 11.5. The predicted molar refractivity (Wildman–Crippen MR) is 68.1 cm³/mol. The highest BCUT2D eigenvalue weighted by atomic mass is 35.5. The molecule has 0 aromatic heterocycles. The fourth-order valence-electron chi connectivity index (χ4n) is 1.21. The standard InChI is InChI=1S/C12H14ClNO4/c1-7(2)18-6-11(15)14-8-3-4-9(12(16)17)10(13)5-8/h3-5,7H,6H2,1-2H3,(H,14,15)(H,16,17). The minimum Gasteiger partial charge on any atom is -0.478 e. The van der Waals surface area contributed by atoms with E-state index in [4.69, 9.17) is 21.4 Å². The molecule has 0 atom stereocenters. The summed E-state index contributed by atoms with van der Waals surface area (Å²) >= 11 is 5.77. The second-order valence-corrected chi connectivity index (χ2v) is 4.31. The van der Waals surface area contributed by atoms with E-state index < -0.39 is 5.97 Å². The third-order valence-corrected chi connectivity index (χ3v) is 2.34. The lowest BCUT2D eigenvalue weighted by Crippen LogP contribution is -2.20. The molecule has 1 amide bonds. The third kappa shape index (κ3) is 4.35. The molecule has 18 heavy (non-hydrogen) atoms. The zero-order valence-corrected chi connectivity index (χ0v) is 10.8. The molecule has 0 fully saturated rings. The van der Waals surface area contributed by atoms with Crippen molar-refractivity contribution in [3.05, 3.63) is 28.8 Å². The van der Waals surface area contributed by atoms with E-state index in [1.165, 1.54) is 18.2 Å². The van der Waals surface area contributed by atoms with Crippen molar-refractivity contribution in [2.75, 3.05) is 11.9 Å². The van der Waals surface area contributed by atoms with Crippen molar-refractivity contribution >= 4 is 29.2 Å². The molecule has 0 bridgehead atoms. The first-order chi connectivity index (χ1) is 8.40. The van der Waals surface area contributed by atoms with Gasteiger partial charge in [-0.3, -0.25) is 4.79 Å². The van der Waals surface area contributed by atoms with E-state index in [9.17, 15) is 9.59 Å². The SMILES string of the molecule is CC(C)OCC(=O)Nc1ccc(C(=O)O)c(Cl)c1. The van der Waals surface area contributed by atoms with Gasteiger partial charge in [0.25, 0.3) is 0 Å². The summed E-state index contributed by atoms with van der Waals surface area (Å²) in [5, 5.41) is 11.4. The van der Waals surface area contributed by atoms with Crippen LogP contribution in [0.4, 0.5) is 5.69 Å². The number of benzene rings is 1. The Morgan fingerprint density at radius 2 is 2.11 bits per heavy atom. The van der Waals surface area contributed by atoms with E-state index in [2.05, 4.69) is 5.32 Å². The Morgan fingerprint density at radius 1 is 1.44 bits per heavy atom. The number of halogens is 1. The van der Waals surface area contributed by atoms with Crippen molar-refractivity contribution < 1.29 is 19.4 Å². The molecule has 1 rings (SSSR count). The molecular weight excluding hydrogens is 258 g/mol. The number of aromatic carboxylic acids is 1. The minimum absolute atomic E-state index is 0.00639. The highest BCUT2D eigenvalue weighted by molar-refractivity contribution is 6.33. The van der Waals surface area contributed by atoms with Gasteiger partial charge in [0.05, 0.1) is 16.7 Å². The second kappa shape index (κ2) is 6.37. The van der Waals surface area contributed by atoms with Crippen LogP contribution in [0.15, 0.2) is 18.2 Å². The highest BCUT2D eigenvalue weighted by Gasteiger charge is 2.10. The van der Waals surface area contributed by atoms with Crippen molar-refractivity contribution in [1.82, 2.24) is 0 Å². The van der Waals surface area contributed by atoms with Gasteiger partial charge in [-0.2, -0.15) is 0 Å². The van der Waals surface area contributed by atoms with Crippen LogP contribution in [0.2, 0.25) is 5.02 Å². The summed E-state index contributed by atoms with van der Waals surface area (Å²) in [5.74, 6) is -1.43. The molecular formula is C12H14ClNO4. The van der Waals surface area contributed by atoms with Gasteiger partial charge in [0, 0.05) is 5.69 Å². The van der Waals surface area contributed by atoms with Gasteiger partial charge < -0.3 is 15.2 Å². The molecule has 0 spiro atoms. The van der Waals surface area contributed by atoms with E-state index in [1.807, 2.05) is 13.8 Å². The van der Waals surface area contributed by atoms with Gasteiger partial charge in [0.15, 0.2) is 0 Å². The normalized spacial score (nSPS) is 10.4. The number of hydrogen-bond acceptors (Lipinski definition) is 3. The average Bonchev–Trinajstić information content (AvgIpc) is 2.26. The van der Waals surface area contributed by atoms with Gasteiger partial charge in [-0.1, -0.05) is 11.6 Å². The van der Waals surface area contributed by atoms with E-state index in [0.29, 0.717) is 5.69 Å². The number of carbonyl (C=O) groups excluding carboxylic acids is 1. The third-order valence-electron chi connectivity index (χ3n) is 2.03. The van der Waals surface area contributed by atoms with Crippen LogP contribution in [0.1, 0.15) is 24.2 Å². The molecule has 6 heteroatoms. The highest BCUT2D eigenvalue weighted by Crippen LogP contribution is 2.20. The van der Waals surface area contributed by atoms with Gasteiger partial charge in [0.1, 0.15) is 6.61 Å². The van der Waals surface area contributed by atoms with Crippen LogP contribution in [0, 0.1) is 0 Å². The fraction of sp³-hybridized carbons (Fsp3) is 0.333. The predicted octanol–water partition coefficient (Wildman–Crippen LogP) is 2.40. The number of carboxylic acid groups (broad SMARTS) is 1. The lowest BCUT2D eigenvalue weighted by atomic mass is 10.2. The summed E-state index contributed by atoms with van der Waals surface area (Å²) < 4.78 is 5.13. The number of amides is 1. The zero-order chi connectivity index (χ0) is 13.7. The number of carboxylic acids is 1. The smallest absolute Gasteiger partial charge is 0.337 e. The maximum atomic E-state index is 11.5. The number of nitrogens with one attached hydrogen (secondary N) is 1. The molecule has 0 radical (unpaired) electrons. The average molecular weight is 272 g/mol. The first kappa shape index (κ1) is 14.5. The molecule has 2 N–H and O–H groups in total. The minimum atomic E-state index is -1.11. The van der Waals surface area contributed by atoms with Crippen molar-refractivity contribution in [1.29, 1.82) is 0 Å². The molecule has 0 saturated heterocycles. The number of carbonyl (C=O) groups is 2. The topological polar surface area (TPSA) is 75.6 Å². The Morgan fingerprint density at radius 3 is 2.61 bits per heavy atom. The van der Waals surface area contributed by atoms with E-state index in [0.717, 1.165) is 0 Å². The number of hydrogen-bond donors (Lipinski definition) is 2. The van der Waals surface area contributed by atoms with Crippen LogP contribution in [-0.2, 0) is 9.53 Å². The summed E-state index contributed by atoms with van der Waals surface area (Å²) in [7, 11) is 0. The monoisotopic (exact) mass is 271 g/mol. The zero-order valence-electron chi connectivity index (χ0n) is 10.1. The first-order valence-corrected chi connectivity index (χ1v) is 5.72. The van der Waals surface area contributed by atoms with E-state index >= 15 is 0 Å². The Bertz CT molecular complexity index is 459. The molecule has 1 aromatic rings. The van der Waals surface area contributed by atoms with Gasteiger partial charge in [-0.05, 0) is 32.0 Å². The van der Waals surface area contributed by atoms with E-state index in [1.54, 1.807) is 0 Å². The van der Waals surface area contributed by atoms with E-state index in [-0.39, 0.29) is 29.2 Å². The van der Waals surface area contributed by atoms with Crippen molar-refractivity contribution in [3.8, 4) is 0 Å². The Hall–Kier alpha value is -1.59. The summed E-state index contributed by atoms with van der Waals surface area (Å²) in [5.41, 5.74) is 0.426. The molecule has 0 aliphatic carbocycles. The second-order valence-electron chi connectivity index (χ2n) is 3.91. The van der Waals surface area contributed by atoms with Crippen molar-refractivity contribution in [3.63, 3.8) is 0 Å². The first-order valence-electron chi connectivity index (χ1n) is 5.34. The Labute approximate surface area is 110 Å². The van der Waals surface area contributed by atoms with Crippen LogP contribution in [0.25, 0.3) is 0 Å². The molecule has 0 aliphatic heterocycles. The molecule has 0 aliphatic rings. The Balaban J connectivity index is 2.66. The summed E-state index contributed by atoms with van der Waals surface area (Å²) in [6, 6.07) is 4.20. The van der Waals surface area contributed by atoms with Crippen LogP contribution in [0.3, 0.4) is 0 Å². The van der Waals surface area contributed by atoms with Crippen LogP contribution in [-0.4, -0.2) is 29.7 Å². The van der Waals surface area contributed by atoms with Crippen molar-refractivity contribution in [2.24, 2.45) is 0 Å². The summed E-state index contributed by atoms with van der Waals surface area (Å²) in [6.45, 7) is 3.59.